The highest BCUT2D eigenvalue weighted by Gasteiger charge is 2.29. The molecular weight excluding hydrogens is 410 g/mol. The van der Waals surface area contributed by atoms with Crippen LogP contribution in [-0.4, -0.2) is 47.2 Å². The van der Waals surface area contributed by atoms with Gasteiger partial charge in [0.15, 0.2) is 5.78 Å². The van der Waals surface area contributed by atoms with Crippen molar-refractivity contribution in [1.29, 1.82) is 0 Å². The van der Waals surface area contributed by atoms with Crippen LogP contribution in [0.3, 0.4) is 0 Å². The van der Waals surface area contributed by atoms with Crippen LogP contribution in [0.15, 0.2) is 33.9 Å². The van der Waals surface area contributed by atoms with Crippen molar-refractivity contribution in [3.05, 3.63) is 60.8 Å². The maximum absolute atomic E-state index is 12.3. The summed E-state index contributed by atoms with van der Waals surface area (Å²) in [7, 11) is 2.60. The molecule has 0 radical (unpaired) electrons. The molecule has 0 unspecified atom stereocenters. The number of carbonyl (C=O) groups excluding carboxylic acids is 1. The third-order valence-electron chi connectivity index (χ3n) is 4.82. The van der Waals surface area contributed by atoms with E-state index in [0.717, 1.165) is 13.7 Å². The minimum atomic E-state index is -1.22. The van der Waals surface area contributed by atoms with Gasteiger partial charge in [-0.05, 0) is 29.2 Å². The Morgan fingerprint density at radius 1 is 1.23 bits per heavy atom. The van der Waals surface area contributed by atoms with E-state index < -0.39 is 28.2 Å². The molecule has 12 heteroatoms. The topological polar surface area (TPSA) is 151 Å². The van der Waals surface area contributed by atoms with Gasteiger partial charge in [0.25, 0.3) is 5.52 Å². The van der Waals surface area contributed by atoms with Gasteiger partial charge in [-0.3, -0.25) is 18.7 Å². The van der Waals surface area contributed by atoms with Gasteiger partial charge in [0.05, 0.1) is 0 Å². The molecule has 2 heterocycles. The number of aliphatic hydroxyl groups excluding tert-OH is 1. The average Bonchev–Trinajstić information content (AvgIpc) is 3.14. The van der Waals surface area contributed by atoms with Crippen LogP contribution in [0.2, 0.25) is 0 Å². The summed E-state index contributed by atoms with van der Waals surface area (Å²) in [6.07, 6.45) is -0.838. The second-order valence-electron chi connectivity index (χ2n) is 6.92. The summed E-state index contributed by atoms with van der Waals surface area (Å²) in [6.45, 7) is 1.20. The number of ether oxygens (including phenoxy) is 1. The maximum Gasteiger partial charge on any atom is 0.437 e. The van der Waals surface area contributed by atoms with Crippen LogP contribution in [0, 0.1) is 10.1 Å². The number of imidazole rings is 1. The molecule has 0 saturated heterocycles. The molecule has 164 valence electrons. The normalized spacial score (nSPS) is 12.1. The monoisotopic (exact) mass is 431 g/mol. The second kappa shape index (κ2) is 8.52. The standard InChI is InChI=1S/C19H21N5O7/c1-4-14(26)11-5-7-13(8-6-11)31-10-12(25)9-23-16-15(20-18(23)24(29)30)17(27)22(3)19(28)21(16)2/h5-8,12,25H,4,9-10H2,1-3H3/t12-/m1/s1. The Hall–Kier alpha value is -3.80. The Bertz CT molecular complexity index is 1270. The van der Waals surface area contributed by atoms with Crippen molar-refractivity contribution >= 4 is 22.9 Å². The van der Waals surface area contributed by atoms with Gasteiger partial charge >= 0.3 is 17.2 Å². The molecule has 0 spiro atoms. The lowest BCUT2D eigenvalue weighted by Gasteiger charge is -2.13. The molecule has 0 bridgehead atoms. The molecule has 12 nitrogen and oxygen atoms in total. The lowest BCUT2D eigenvalue weighted by atomic mass is 10.1. The number of Topliss-reactive ketones (excluding diaryl/α,β-unsaturated/α-hetero) is 1. The second-order valence-corrected chi connectivity index (χ2v) is 6.92. The molecule has 0 aliphatic rings. The molecule has 0 amide bonds. The van der Waals surface area contributed by atoms with E-state index in [0.29, 0.717) is 17.7 Å². The lowest BCUT2D eigenvalue weighted by Crippen LogP contribution is -2.37. The van der Waals surface area contributed by atoms with Crippen molar-refractivity contribution in [3.63, 3.8) is 0 Å². The first kappa shape index (κ1) is 21.9. The Morgan fingerprint density at radius 2 is 1.87 bits per heavy atom. The third-order valence-corrected chi connectivity index (χ3v) is 4.82. The Balaban J connectivity index is 1.86. The first-order chi connectivity index (χ1) is 14.6. The number of hydrogen-bond donors (Lipinski definition) is 1. The summed E-state index contributed by atoms with van der Waals surface area (Å²) in [5.74, 6) is -0.282. The van der Waals surface area contributed by atoms with Crippen LogP contribution in [0.4, 0.5) is 5.95 Å². The van der Waals surface area contributed by atoms with E-state index in [4.69, 9.17) is 4.74 Å². The molecule has 31 heavy (non-hydrogen) atoms. The first-order valence-electron chi connectivity index (χ1n) is 9.40. The van der Waals surface area contributed by atoms with Crippen molar-refractivity contribution in [2.45, 2.75) is 26.0 Å². The first-order valence-corrected chi connectivity index (χ1v) is 9.40. The van der Waals surface area contributed by atoms with E-state index >= 15 is 0 Å². The summed E-state index contributed by atoms with van der Waals surface area (Å²) in [4.78, 5) is 50.6. The lowest BCUT2D eigenvalue weighted by molar-refractivity contribution is -0.396. The Labute approximate surface area is 175 Å². The van der Waals surface area contributed by atoms with Crippen LogP contribution in [0.5, 0.6) is 5.75 Å². The fraction of sp³-hybridized carbons (Fsp3) is 0.368. The van der Waals surface area contributed by atoms with Gasteiger partial charge in [-0.15, -0.1) is 0 Å². The fourth-order valence-electron chi connectivity index (χ4n) is 3.18. The Kier molecular flexibility index (Phi) is 6.02. The minimum absolute atomic E-state index is 0.0114. The highest BCUT2D eigenvalue weighted by molar-refractivity contribution is 5.95. The van der Waals surface area contributed by atoms with Crippen molar-refractivity contribution in [1.82, 2.24) is 18.7 Å². The maximum atomic E-state index is 12.3. The molecule has 1 N–H and O–H groups in total. The molecule has 2 aromatic heterocycles. The number of nitrogens with zero attached hydrogens (tertiary/aromatic N) is 5. The molecule has 0 aliphatic heterocycles. The van der Waals surface area contributed by atoms with E-state index in [1.807, 2.05) is 0 Å². The molecule has 3 aromatic rings. The largest absolute Gasteiger partial charge is 0.491 e. The fourth-order valence-corrected chi connectivity index (χ4v) is 3.18. The summed E-state index contributed by atoms with van der Waals surface area (Å²) in [6, 6.07) is 6.37. The van der Waals surface area contributed by atoms with Crippen molar-refractivity contribution < 1.29 is 19.6 Å². The van der Waals surface area contributed by atoms with E-state index in [9.17, 15) is 29.6 Å². The summed E-state index contributed by atoms with van der Waals surface area (Å²) < 4.78 is 8.37. The summed E-state index contributed by atoms with van der Waals surface area (Å²) in [5, 5.41) is 21.8. The summed E-state index contributed by atoms with van der Waals surface area (Å²) in [5.41, 5.74) is -1.23. The van der Waals surface area contributed by atoms with E-state index in [1.165, 1.54) is 14.1 Å². The molecule has 3 rings (SSSR count). The molecule has 0 saturated carbocycles. The average molecular weight is 431 g/mol. The SMILES string of the molecule is CCC(=O)c1ccc(OC[C@H](O)Cn2c([N+](=O)[O-])nc3c(=O)n(C)c(=O)n(C)c32)cc1. The number of aromatic nitrogens is 4. The molecule has 1 aromatic carbocycles. The van der Waals surface area contributed by atoms with Gasteiger partial charge in [-0.25, -0.2) is 9.36 Å². The van der Waals surface area contributed by atoms with E-state index in [2.05, 4.69) is 4.98 Å². The Morgan fingerprint density at radius 3 is 2.45 bits per heavy atom. The van der Waals surface area contributed by atoms with E-state index in [-0.39, 0.29) is 30.1 Å². The number of benzene rings is 1. The van der Waals surface area contributed by atoms with Crippen molar-refractivity contribution in [3.8, 4) is 5.75 Å². The zero-order valence-electron chi connectivity index (χ0n) is 17.1. The number of ketones is 1. The predicted octanol–water partition coefficient (Wildman–Crippen LogP) is 0.374. The number of aliphatic hydroxyl groups is 1. The van der Waals surface area contributed by atoms with Gasteiger partial charge in [-0.1, -0.05) is 11.9 Å². The zero-order chi connectivity index (χ0) is 22.9. The van der Waals surface area contributed by atoms with Gasteiger partial charge in [0.2, 0.25) is 5.65 Å². The van der Waals surface area contributed by atoms with Crippen LogP contribution >= 0.6 is 0 Å². The highest BCUT2D eigenvalue weighted by atomic mass is 16.6. The number of nitro groups is 1. The van der Waals surface area contributed by atoms with Gasteiger partial charge in [0.1, 0.15) is 25.0 Å². The van der Waals surface area contributed by atoms with Gasteiger partial charge < -0.3 is 20.0 Å². The van der Waals surface area contributed by atoms with Crippen molar-refractivity contribution in [2.24, 2.45) is 14.1 Å². The molecule has 1 atom stereocenters. The zero-order valence-corrected chi connectivity index (χ0v) is 17.1. The predicted molar refractivity (Wildman–Crippen MR) is 109 cm³/mol. The number of hydrogen-bond acceptors (Lipinski definition) is 8. The smallest absolute Gasteiger partial charge is 0.437 e. The number of aryl methyl sites for hydroxylation is 1. The number of rotatable bonds is 8. The summed E-state index contributed by atoms with van der Waals surface area (Å²) >= 11 is 0. The molecule has 0 fully saturated rings. The van der Waals surface area contributed by atoms with Crippen LogP contribution in [0.25, 0.3) is 11.2 Å². The molecule has 0 aliphatic carbocycles. The minimum Gasteiger partial charge on any atom is -0.491 e. The van der Waals surface area contributed by atoms with Crippen LogP contribution in [-0.2, 0) is 20.6 Å². The van der Waals surface area contributed by atoms with Crippen LogP contribution in [0.1, 0.15) is 23.7 Å². The third kappa shape index (κ3) is 4.10. The van der Waals surface area contributed by atoms with Crippen LogP contribution < -0.4 is 16.0 Å². The quantitative estimate of drug-likeness (QED) is 0.305. The number of carbonyl (C=O) groups is 1. The highest BCUT2D eigenvalue weighted by Crippen LogP contribution is 2.19. The molecular formula is C19H21N5O7. The number of fused-ring (bicyclic) bond motifs is 1. The van der Waals surface area contributed by atoms with Crippen molar-refractivity contribution in [2.75, 3.05) is 6.61 Å². The van der Waals surface area contributed by atoms with Gasteiger partial charge in [0, 0.05) is 26.1 Å². The van der Waals surface area contributed by atoms with Gasteiger partial charge in [-0.2, -0.15) is 0 Å². The van der Waals surface area contributed by atoms with E-state index in [1.54, 1.807) is 31.2 Å².